The highest BCUT2D eigenvalue weighted by Gasteiger charge is 2.46. The average molecular weight is 395 g/mol. The third-order valence-corrected chi connectivity index (χ3v) is 6.45. The van der Waals surface area contributed by atoms with E-state index in [1.165, 1.54) is 24.0 Å². The lowest BCUT2D eigenvalue weighted by Gasteiger charge is -2.47. The van der Waals surface area contributed by atoms with Crippen LogP contribution in [0.4, 0.5) is 0 Å². The zero-order valence-electron chi connectivity index (χ0n) is 16.5. The van der Waals surface area contributed by atoms with Crippen molar-refractivity contribution in [3.05, 3.63) is 23.3 Å². The Morgan fingerprint density at radius 3 is 2.52 bits per heavy atom. The molecule has 2 unspecified atom stereocenters. The molecule has 1 aromatic carbocycles. The molecule has 2 heterocycles. The predicted molar refractivity (Wildman–Crippen MR) is 108 cm³/mol. The van der Waals surface area contributed by atoms with Crippen LogP contribution in [0.15, 0.2) is 12.1 Å². The lowest BCUT2D eigenvalue weighted by molar-refractivity contribution is -0.139. The number of rotatable bonds is 3. The molecule has 3 aliphatic rings. The number of halogens is 1. The summed E-state index contributed by atoms with van der Waals surface area (Å²) in [6, 6.07) is 4.42. The molecule has 0 aromatic heterocycles. The maximum absolute atomic E-state index is 13.2. The summed E-state index contributed by atoms with van der Waals surface area (Å²) in [5.74, 6) is 1.93. The first-order chi connectivity index (χ1) is 12.6. The molecule has 1 fully saturated rings. The highest BCUT2D eigenvalue weighted by atomic mass is 35.5. The van der Waals surface area contributed by atoms with Crippen LogP contribution >= 0.6 is 12.4 Å². The number of benzene rings is 1. The van der Waals surface area contributed by atoms with Crippen LogP contribution < -0.4 is 14.8 Å². The van der Waals surface area contributed by atoms with E-state index >= 15 is 0 Å². The molecule has 1 amide bonds. The second-order valence-electron chi connectivity index (χ2n) is 8.17. The van der Waals surface area contributed by atoms with Crippen molar-refractivity contribution >= 4 is 18.3 Å². The lowest BCUT2D eigenvalue weighted by Crippen LogP contribution is -2.51. The Labute approximate surface area is 168 Å². The van der Waals surface area contributed by atoms with Gasteiger partial charge in [-0.05, 0) is 50.1 Å². The molecular weight excluding hydrogens is 364 g/mol. The highest BCUT2D eigenvalue weighted by molar-refractivity contribution is 5.85. The Hall–Kier alpha value is -1.46. The molecule has 1 spiro atoms. The van der Waals surface area contributed by atoms with E-state index in [0.717, 1.165) is 30.9 Å². The van der Waals surface area contributed by atoms with Crippen molar-refractivity contribution in [1.82, 2.24) is 10.2 Å². The summed E-state index contributed by atoms with van der Waals surface area (Å²) in [6.45, 7) is 6.91. The summed E-state index contributed by atoms with van der Waals surface area (Å²) < 4.78 is 11.7. The van der Waals surface area contributed by atoms with E-state index < -0.39 is 0 Å². The minimum absolute atomic E-state index is 0. The average Bonchev–Trinajstić information content (AvgIpc) is 3.12. The number of ether oxygens (including phenoxy) is 2. The van der Waals surface area contributed by atoms with E-state index in [-0.39, 0.29) is 35.7 Å². The molecule has 5 nitrogen and oxygen atoms in total. The van der Waals surface area contributed by atoms with Crippen LogP contribution in [-0.2, 0) is 10.2 Å². The predicted octanol–water partition coefficient (Wildman–Crippen LogP) is 3.45. The van der Waals surface area contributed by atoms with Gasteiger partial charge in [-0.2, -0.15) is 0 Å². The van der Waals surface area contributed by atoms with Gasteiger partial charge in [0.25, 0.3) is 0 Å². The summed E-state index contributed by atoms with van der Waals surface area (Å²) in [5.41, 5.74) is 2.71. The Morgan fingerprint density at radius 1 is 1.26 bits per heavy atom. The van der Waals surface area contributed by atoms with Crippen molar-refractivity contribution in [2.24, 2.45) is 5.92 Å². The molecule has 1 saturated carbocycles. The molecule has 2 aliphatic heterocycles. The summed E-state index contributed by atoms with van der Waals surface area (Å²) in [7, 11) is 1.90. The number of fused-ring (bicyclic) bond motifs is 3. The van der Waals surface area contributed by atoms with Gasteiger partial charge in [0.15, 0.2) is 11.5 Å². The zero-order chi connectivity index (χ0) is 18.3. The standard InChI is InChI=1S/C21H30N2O3.ClH/c1-14(12-22-3)20(24)23-13-21(6-4-5-7-21)17-11-19-18(25-8-9-26-19)10-16(17)15(23)2;/h10-11,14-15,22H,4-9,12-13H2,1-3H3;1H. The van der Waals surface area contributed by atoms with Crippen LogP contribution in [0.1, 0.15) is 56.7 Å². The van der Waals surface area contributed by atoms with Crippen molar-refractivity contribution in [3.63, 3.8) is 0 Å². The monoisotopic (exact) mass is 394 g/mol. The van der Waals surface area contributed by atoms with Gasteiger partial charge < -0.3 is 19.7 Å². The Balaban J connectivity index is 0.00000210. The van der Waals surface area contributed by atoms with Gasteiger partial charge in [-0.25, -0.2) is 0 Å². The molecule has 4 rings (SSSR count). The van der Waals surface area contributed by atoms with Crippen LogP contribution in [0.3, 0.4) is 0 Å². The van der Waals surface area contributed by atoms with Gasteiger partial charge >= 0.3 is 0 Å². The van der Waals surface area contributed by atoms with Gasteiger partial charge in [0.2, 0.25) is 5.91 Å². The lowest BCUT2D eigenvalue weighted by atomic mass is 9.71. The normalized spacial score (nSPS) is 23.5. The minimum atomic E-state index is -0.0142. The summed E-state index contributed by atoms with van der Waals surface area (Å²) >= 11 is 0. The maximum Gasteiger partial charge on any atom is 0.227 e. The number of nitrogens with zero attached hydrogens (tertiary/aromatic N) is 1. The molecule has 1 aromatic rings. The van der Waals surface area contributed by atoms with Crippen molar-refractivity contribution in [3.8, 4) is 11.5 Å². The first-order valence-electron chi connectivity index (χ1n) is 9.95. The fraction of sp³-hybridized carbons (Fsp3) is 0.667. The quantitative estimate of drug-likeness (QED) is 0.853. The third-order valence-electron chi connectivity index (χ3n) is 6.45. The van der Waals surface area contributed by atoms with E-state index in [1.807, 2.05) is 14.0 Å². The summed E-state index contributed by atoms with van der Waals surface area (Å²) in [4.78, 5) is 15.3. The van der Waals surface area contributed by atoms with Crippen molar-refractivity contribution in [2.75, 3.05) is 33.4 Å². The second kappa shape index (κ2) is 7.88. The third kappa shape index (κ3) is 3.40. The Kier molecular flexibility index (Phi) is 5.92. The smallest absolute Gasteiger partial charge is 0.227 e. The van der Waals surface area contributed by atoms with Crippen molar-refractivity contribution < 1.29 is 14.3 Å². The van der Waals surface area contributed by atoms with Gasteiger partial charge in [-0.15, -0.1) is 12.4 Å². The van der Waals surface area contributed by atoms with E-state index in [9.17, 15) is 4.79 Å². The zero-order valence-corrected chi connectivity index (χ0v) is 17.4. The summed E-state index contributed by atoms with van der Waals surface area (Å²) in [6.07, 6.45) is 4.76. The number of amides is 1. The first-order valence-corrected chi connectivity index (χ1v) is 9.95. The highest BCUT2D eigenvalue weighted by Crippen LogP contribution is 2.52. The first kappa shape index (κ1) is 20.3. The molecular formula is C21H31ClN2O3. The topological polar surface area (TPSA) is 50.8 Å². The number of hydrogen-bond donors (Lipinski definition) is 1. The van der Waals surface area contributed by atoms with E-state index in [1.54, 1.807) is 0 Å². The molecule has 150 valence electrons. The fourth-order valence-electron chi connectivity index (χ4n) is 5.05. The largest absolute Gasteiger partial charge is 0.486 e. The number of carbonyl (C=O) groups is 1. The second-order valence-corrected chi connectivity index (χ2v) is 8.17. The molecule has 2 atom stereocenters. The maximum atomic E-state index is 13.2. The Bertz CT molecular complexity index is 703. The van der Waals surface area contributed by atoms with Crippen molar-refractivity contribution in [1.29, 1.82) is 0 Å². The minimum Gasteiger partial charge on any atom is -0.486 e. The fourth-order valence-corrected chi connectivity index (χ4v) is 5.05. The molecule has 1 aliphatic carbocycles. The SMILES string of the molecule is CNCC(C)C(=O)N1CC2(CCCC2)c2cc3c(cc2C1C)OCCO3.Cl. The van der Waals surface area contributed by atoms with E-state index in [2.05, 4.69) is 29.3 Å². The van der Waals surface area contributed by atoms with E-state index in [0.29, 0.717) is 19.8 Å². The molecule has 1 N–H and O–H groups in total. The molecule has 0 saturated heterocycles. The van der Waals surface area contributed by atoms with E-state index in [4.69, 9.17) is 9.47 Å². The van der Waals surface area contributed by atoms with Gasteiger partial charge in [-0.1, -0.05) is 19.8 Å². The van der Waals surface area contributed by atoms with Crippen LogP contribution in [0.5, 0.6) is 11.5 Å². The Morgan fingerprint density at radius 2 is 1.89 bits per heavy atom. The van der Waals surface area contributed by atoms with Crippen LogP contribution in [0, 0.1) is 5.92 Å². The molecule has 27 heavy (non-hydrogen) atoms. The van der Waals surface area contributed by atoms with Gasteiger partial charge in [0, 0.05) is 24.4 Å². The molecule has 6 heteroatoms. The van der Waals surface area contributed by atoms with Crippen molar-refractivity contribution in [2.45, 2.75) is 51.0 Å². The summed E-state index contributed by atoms with van der Waals surface area (Å²) in [5, 5.41) is 3.14. The number of nitrogens with one attached hydrogen (secondary N) is 1. The number of hydrogen-bond acceptors (Lipinski definition) is 4. The van der Waals surface area contributed by atoms with Gasteiger partial charge in [0.05, 0.1) is 6.04 Å². The van der Waals surface area contributed by atoms with Crippen LogP contribution in [0.25, 0.3) is 0 Å². The van der Waals surface area contributed by atoms with Crippen LogP contribution in [-0.4, -0.2) is 44.2 Å². The molecule has 0 radical (unpaired) electrons. The number of carbonyl (C=O) groups excluding carboxylic acids is 1. The van der Waals surface area contributed by atoms with Gasteiger partial charge in [0.1, 0.15) is 13.2 Å². The van der Waals surface area contributed by atoms with Crippen LogP contribution in [0.2, 0.25) is 0 Å². The van der Waals surface area contributed by atoms with Gasteiger partial charge in [-0.3, -0.25) is 4.79 Å². The molecule has 0 bridgehead atoms.